The van der Waals surface area contributed by atoms with Crippen molar-refractivity contribution in [1.29, 1.82) is 0 Å². The van der Waals surface area contributed by atoms with E-state index in [1.807, 2.05) is 0 Å². The minimum Gasteiger partial charge on any atom is -0.400 e. The molecule has 0 unspecified atom stereocenters. The molecule has 1 aromatic carbocycles. The van der Waals surface area contributed by atoms with Crippen LogP contribution in [0.3, 0.4) is 0 Å². The second-order valence-corrected chi connectivity index (χ2v) is 4.20. The molecule has 0 bridgehead atoms. The minimum atomic E-state index is -4.65. The topological polar surface area (TPSA) is 57.4 Å². The van der Waals surface area contributed by atoms with Crippen LogP contribution in [0.5, 0.6) is 5.75 Å². The number of hydrogen-bond acceptors (Lipinski definition) is 6. The van der Waals surface area contributed by atoms with Crippen LogP contribution in [0.15, 0.2) is 22.7 Å². The molecule has 0 atom stereocenters. The van der Waals surface area contributed by atoms with Gasteiger partial charge in [0.2, 0.25) is 18.1 Å². The van der Waals surface area contributed by atoms with Gasteiger partial charge in [-0.05, 0) is 18.2 Å². The molecule has 3 rings (SSSR count). The summed E-state index contributed by atoms with van der Waals surface area (Å²) in [6.07, 6.45) is -4.65. The Labute approximate surface area is 109 Å². The number of fused-ring (bicyclic) bond motifs is 1. The molecule has 0 spiro atoms. The lowest BCUT2D eigenvalue weighted by molar-refractivity contribution is -0.159. The molecule has 0 saturated carbocycles. The van der Waals surface area contributed by atoms with E-state index in [-0.39, 0.29) is 12.4 Å². The first kappa shape index (κ1) is 12.3. The highest BCUT2D eigenvalue weighted by atomic mass is 32.2. The van der Waals surface area contributed by atoms with Crippen molar-refractivity contribution in [2.75, 3.05) is 0 Å². The second-order valence-electron chi connectivity index (χ2n) is 3.66. The standard InChI is InChI=1S/C10H5F3N2O3S/c11-10(12,13)9-14-8(15-17-9)5-1-2-7-6(3-5)4-16-19-18-7/h1-3H,4H2. The fourth-order valence-corrected chi connectivity index (χ4v) is 1.98. The van der Waals surface area contributed by atoms with Crippen LogP contribution in [0, 0.1) is 0 Å². The summed E-state index contributed by atoms with van der Waals surface area (Å²) in [5, 5.41) is 3.31. The molecule has 0 saturated heterocycles. The van der Waals surface area contributed by atoms with Gasteiger partial charge in [-0.3, -0.25) is 4.18 Å². The zero-order valence-corrected chi connectivity index (χ0v) is 9.92. The van der Waals surface area contributed by atoms with E-state index >= 15 is 0 Å². The fraction of sp³-hybridized carbons (Fsp3) is 0.200. The number of aromatic nitrogens is 2. The van der Waals surface area contributed by atoms with Gasteiger partial charge in [0, 0.05) is 11.1 Å². The van der Waals surface area contributed by atoms with E-state index in [4.69, 9.17) is 8.37 Å². The Balaban J connectivity index is 1.96. The van der Waals surface area contributed by atoms with Crippen molar-refractivity contribution >= 4 is 12.3 Å². The fourth-order valence-electron chi connectivity index (χ4n) is 1.52. The summed E-state index contributed by atoms with van der Waals surface area (Å²) in [5.74, 6) is -0.906. The van der Waals surface area contributed by atoms with Gasteiger partial charge in [0.15, 0.2) is 0 Å². The summed E-state index contributed by atoms with van der Waals surface area (Å²) < 4.78 is 51.3. The van der Waals surface area contributed by atoms with E-state index in [2.05, 4.69) is 14.7 Å². The molecule has 0 N–H and O–H groups in total. The minimum absolute atomic E-state index is 0.131. The molecule has 0 fully saturated rings. The number of hydrogen-bond donors (Lipinski definition) is 0. The van der Waals surface area contributed by atoms with Crippen LogP contribution in [-0.2, 0) is 17.0 Å². The predicted molar refractivity (Wildman–Crippen MR) is 57.7 cm³/mol. The van der Waals surface area contributed by atoms with Crippen LogP contribution in [0.1, 0.15) is 11.5 Å². The Morgan fingerprint density at radius 1 is 1.26 bits per heavy atom. The van der Waals surface area contributed by atoms with Gasteiger partial charge in [-0.15, -0.1) is 0 Å². The molecule has 0 amide bonds. The molecule has 1 aromatic heterocycles. The molecule has 9 heteroatoms. The highest BCUT2D eigenvalue weighted by Crippen LogP contribution is 2.34. The zero-order valence-electron chi connectivity index (χ0n) is 9.10. The molecule has 2 heterocycles. The molecule has 1 aliphatic heterocycles. The van der Waals surface area contributed by atoms with Crippen LogP contribution in [0.25, 0.3) is 11.4 Å². The summed E-state index contributed by atoms with van der Waals surface area (Å²) in [5.41, 5.74) is 1.10. The van der Waals surface area contributed by atoms with Crippen LogP contribution in [-0.4, -0.2) is 10.1 Å². The lowest BCUT2D eigenvalue weighted by Crippen LogP contribution is -2.05. The molecule has 0 radical (unpaired) electrons. The van der Waals surface area contributed by atoms with Gasteiger partial charge in [0.05, 0.1) is 6.61 Å². The van der Waals surface area contributed by atoms with Gasteiger partial charge in [-0.2, -0.15) is 18.2 Å². The first-order chi connectivity index (χ1) is 9.04. The average Bonchev–Trinajstić information content (AvgIpc) is 2.87. The van der Waals surface area contributed by atoms with E-state index in [0.29, 0.717) is 16.9 Å². The maximum Gasteiger partial charge on any atom is 0.471 e. The van der Waals surface area contributed by atoms with Crippen LogP contribution >= 0.6 is 12.3 Å². The van der Waals surface area contributed by atoms with Crippen LogP contribution in [0.4, 0.5) is 13.2 Å². The van der Waals surface area contributed by atoms with Crippen LogP contribution in [0.2, 0.25) is 0 Å². The normalized spacial score (nSPS) is 14.9. The summed E-state index contributed by atoms with van der Waals surface area (Å²) in [6, 6.07) is 4.76. The van der Waals surface area contributed by atoms with Crippen LogP contribution < -0.4 is 4.18 Å². The van der Waals surface area contributed by atoms with E-state index in [9.17, 15) is 13.2 Å². The summed E-state index contributed by atoms with van der Waals surface area (Å²) in [4.78, 5) is 3.31. The van der Waals surface area contributed by atoms with Gasteiger partial charge in [0.25, 0.3) is 0 Å². The Morgan fingerprint density at radius 3 is 2.84 bits per heavy atom. The van der Waals surface area contributed by atoms with Crippen molar-refractivity contribution in [3.63, 3.8) is 0 Å². The average molecular weight is 290 g/mol. The van der Waals surface area contributed by atoms with Gasteiger partial charge in [-0.1, -0.05) is 5.16 Å². The highest BCUT2D eigenvalue weighted by molar-refractivity contribution is 7.90. The second kappa shape index (κ2) is 4.42. The molecular formula is C10H5F3N2O3S. The quantitative estimate of drug-likeness (QED) is 0.752. The van der Waals surface area contributed by atoms with Crippen molar-refractivity contribution in [1.82, 2.24) is 10.1 Å². The Bertz CT molecular complexity index is 614. The number of rotatable bonds is 1. The monoisotopic (exact) mass is 290 g/mol. The third-order valence-electron chi connectivity index (χ3n) is 2.37. The smallest absolute Gasteiger partial charge is 0.400 e. The van der Waals surface area contributed by atoms with Crippen molar-refractivity contribution < 1.29 is 26.1 Å². The first-order valence-corrected chi connectivity index (χ1v) is 5.71. The predicted octanol–water partition coefficient (Wildman–Crippen LogP) is 3.23. The van der Waals surface area contributed by atoms with Crippen molar-refractivity contribution in [2.24, 2.45) is 0 Å². The molecule has 100 valence electrons. The molecule has 2 aromatic rings. The number of benzene rings is 1. The van der Waals surface area contributed by atoms with E-state index in [1.165, 1.54) is 0 Å². The highest BCUT2D eigenvalue weighted by Gasteiger charge is 2.38. The Kier molecular flexibility index (Phi) is 2.86. The summed E-state index contributed by atoms with van der Waals surface area (Å²) >= 11 is 0.848. The first-order valence-electron chi connectivity index (χ1n) is 5.04. The van der Waals surface area contributed by atoms with Crippen molar-refractivity contribution in [2.45, 2.75) is 12.8 Å². The Morgan fingerprint density at radius 2 is 2.11 bits per heavy atom. The third-order valence-corrected chi connectivity index (χ3v) is 2.84. The van der Waals surface area contributed by atoms with Crippen molar-refractivity contribution in [3.8, 4) is 17.1 Å². The molecule has 1 aliphatic rings. The van der Waals surface area contributed by atoms with E-state index in [0.717, 1.165) is 12.3 Å². The van der Waals surface area contributed by atoms with E-state index < -0.39 is 12.1 Å². The van der Waals surface area contributed by atoms with Gasteiger partial charge in [0.1, 0.15) is 5.75 Å². The lowest BCUT2D eigenvalue weighted by Gasteiger charge is -2.14. The number of alkyl halides is 3. The molecule has 19 heavy (non-hydrogen) atoms. The Hall–Kier alpha value is -1.74. The molecule has 5 nitrogen and oxygen atoms in total. The largest absolute Gasteiger partial charge is 0.471 e. The number of halogens is 3. The SMILES string of the molecule is FC(F)(F)c1nc(-c2ccc3c(c2)COSO3)no1. The third kappa shape index (κ3) is 2.38. The maximum atomic E-state index is 12.4. The maximum absolute atomic E-state index is 12.4. The van der Waals surface area contributed by atoms with Gasteiger partial charge >= 0.3 is 12.1 Å². The van der Waals surface area contributed by atoms with Gasteiger partial charge in [-0.25, -0.2) is 0 Å². The number of nitrogens with zero attached hydrogens (tertiary/aromatic N) is 2. The molecular weight excluding hydrogens is 285 g/mol. The van der Waals surface area contributed by atoms with Crippen molar-refractivity contribution in [3.05, 3.63) is 29.7 Å². The summed E-state index contributed by atoms with van der Waals surface area (Å²) in [6.45, 7) is 0.290. The van der Waals surface area contributed by atoms with E-state index in [1.54, 1.807) is 18.2 Å². The summed E-state index contributed by atoms with van der Waals surface area (Å²) in [7, 11) is 0. The van der Waals surface area contributed by atoms with Gasteiger partial charge < -0.3 is 8.71 Å². The lowest BCUT2D eigenvalue weighted by atomic mass is 10.1. The zero-order chi connectivity index (χ0) is 13.5. The molecule has 0 aliphatic carbocycles.